The number of nitrogens with one attached hydrogen (secondary N) is 1. The fourth-order valence-corrected chi connectivity index (χ4v) is 3.08. The summed E-state index contributed by atoms with van der Waals surface area (Å²) in [7, 11) is 0. The Hall–Kier alpha value is -2.50. The van der Waals surface area contributed by atoms with Crippen LogP contribution in [-0.4, -0.2) is 28.3 Å². The molecule has 1 amide bonds. The zero-order chi connectivity index (χ0) is 18.0. The molecule has 2 heterocycles. The van der Waals surface area contributed by atoms with Crippen molar-refractivity contribution in [2.75, 3.05) is 11.4 Å². The van der Waals surface area contributed by atoms with Gasteiger partial charge in [-0.25, -0.2) is 0 Å². The van der Waals surface area contributed by atoms with Crippen LogP contribution in [0.4, 0.5) is 5.69 Å². The maximum Gasteiger partial charge on any atom is 0.266 e. The summed E-state index contributed by atoms with van der Waals surface area (Å²) in [5.41, 5.74) is 1.35. The highest BCUT2D eigenvalue weighted by atomic mass is 16.5. The Labute approximate surface area is 147 Å². The number of H-pyrrole nitrogens is 1. The molecule has 0 saturated heterocycles. The van der Waals surface area contributed by atoms with E-state index in [9.17, 15) is 9.59 Å². The first kappa shape index (κ1) is 17.3. The van der Waals surface area contributed by atoms with Gasteiger partial charge in [-0.05, 0) is 24.5 Å². The van der Waals surface area contributed by atoms with Gasteiger partial charge in [0.05, 0.1) is 18.7 Å². The van der Waals surface area contributed by atoms with Crippen molar-refractivity contribution >= 4 is 11.6 Å². The number of anilines is 1. The predicted octanol–water partition coefficient (Wildman–Crippen LogP) is 2.58. The molecular weight excluding hydrogens is 318 g/mol. The van der Waals surface area contributed by atoms with Gasteiger partial charge in [-0.2, -0.15) is 0 Å². The van der Waals surface area contributed by atoms with Crippen molar-refractivity contribution in [2.24, 2.45) is 5.92 Å². The average Bonchev–Trinajstić information content (AvgIpc) is 2.92. The number of carbonyl (C=O) groups is 1. The average molecular weight is 343 g/mol. The van der Waals surface area contributed by atoms with Crippen LogP contribution >= 0.6 is 0 Å². The van der Waals surface area contributed by atoms with Crippen LogP contribution in [0.2, 0.25) is 0 Å². The summed E-state index contributed by atoms with van der Waals surface area (Å²) in [4.78, 5) is 26.7. The Morgan fingerprint density at radius 1 is 1.36 bits per heavy atom. The normalized spacial score (nSPS) is 16.6. The summed E-state index contributed by atoms with van der Waals surface area (Å²) in [6.45, 7) is 7.29. The topological polar surface area (TPSA) is 67.3 Å². The summed E-state index contributed by atoms with van der Waals surface area (Å²) in [6.07, 6.45) is 0.994. The molecule has 1 atom stereocenters. The summed E-state index contributed by atoms with van der Waals surface area (Å²) in [6, 6.07) is 9.10. The molecule has 0 spiro atoms. The summed E-state index contributed by atoms with van der Waals surface area (Å²) in [5.74, 6) is 1.06. The number of hydrogen-bond donors (Lipinski definition) is 1. The molecule has 0 radical (unpaired) electrons. The van der Waals surface area contributed by atoms with Crippen molar-refractivity contribution in [1.82, 2.24) is 9.78 Å². The smallest absolute Gasteiger partial charge is 0.266 e. The monoisotopic (exact) mass is 343 g/mol. The maximum atomic E-state index is 12.9. The first-order chi connectivity index (χ1) is 12.0. The molecule has 2 aromatic rings. The van der Waals surface area contributed by atoms with Crippen LogP contribution in [0.25, 0.3) is 0 Å². The predicted molar refractivity (Wildman–Crippen MR) is 97.1 cm³/mol. The fourth-order valence-electron chi connectivity index (χ4n) is 3.08. The molecular formula is C19H25N3O3. The van der Waals surface area contributed by atoms with Gasteiger partial charge in [-0.15, -0.1) is 0 Å². The highest BCUT2D eigenvalue weighted by Gasteiger charge is 2.28. The first-order valence-electron chi connectivity index (χ1n) is 8.82. The third kappa shape index (κ3) is 3.78. The van der Waals surface area contributed by atoms with Gasteiger partial charge in [-0.1, -0.05) is 32.9 Å². The highest BCUT2D eigenvalue weighted by Crippen LogP contribution is 2.34. The fraction of sp³-hybridized carbons (Fsp3) is 0.474. The second-order valence-corrected chi connectivity index (χ2v) is 6.92. The lowest BCUT2D eigenvalue weighted by Crippen LogP contribution is -2.44. The van der Waals surface area contributed by atoms with E-state index in [0.717, 1.165) is 17.9 Å². The quantitative estimate of drug-likeness (QED) is 0.907. The van der Waals surface area contributed by atoms with Crippen molar-refractivity contribution < 1.29 is 9.53 Å². The number of amides is 1. The van der Waals surface area contributed by atoms with Crippen molar-refractivity contribution in [1.29, 1.82) is 0 Å². The molecule has 0 fully saturated rings. The lowest BCUT2D eigenvalue weighted by Gasteiger charge is -2.34. The second kappa shape index (κ2) is 7.17. The van der Waals surface area contributed by atoms with Crippen LogP contribution in [0, 0.1) is 5.92 Å². The third-order valence-electron chi connectivity index (χ3n) is 4.32. The molecule has 0 bridgehead atoms. The van der Waals surface area contributed by atoms with Crippen molar-refractivity contribution in [3.05, 3.63) is 46.4 Å². The van der Waals surface area contributed by atoms with E-state index in [1.54, 1.807) is 9.58 Å². The van der Waals surface area contributed by atoms with Gasteiger partial charge in [0, 0.05) is 18.3 Å². The molecule has 1 aromatic heterocycles. The molecule has 6 nitrogen and oxygen atoms in total. The van der Waals surface area contributed by atoms with Gasteiger partial charge < -0.3 is 9.64 Å². The van der Waals surface area contributed by atoms with Gasteiger partial charge in [0.1, 0.15) is 11.9 Å². The van der Waals surface area contributed by atoms with Gasteiger partial charge in [0.25, 0.3) is 5.56 Å². The van der Waals surface area contributed by atoms with E-state index in [-0.39, 0.29) is 24.0 Å². The zero-order valence-corrected chi connectivity index (χ0v) is 15.0. The van der Waals surface area contributed by atoms with Crippen LogP contribution < -0.4 is 15.2 Å². The lowest BCUT2D eigenvalue weighted by atomic mass is 10.1. The Kier molecular flexibility index (Phi) is 4.97. The molecule has 1 N–H and O–H groups in total. The minimum absolute atomic E-state index is 0.0107. The number of aromatic nitrogens is 2. The summed E-state index contributed by atoms with van der Waals surface area (Å²) < 4.78 is 7.49. The van der Waals surface area contributed by atoms with E-state index < -0.39 is 0 Å². The van der Waals surface area contributed by atoms with Crippen LogP contribution in [0.5, 0.6) is 5.75 Å². The molecule has 134 valence electrons. The number of aromatic amines is 1. The number of hydrogen-bond acceptors (Lipinski definition) is 3. The minimum atomic E-state index is -0.0923. The van der Waals surface area contributed by atoms with Gasteiger partial charge in [0.15, 0.2) is 0 Å². The van der Waals surface area contributed by atoms with E-state index in [1.807, 2.05) is 45.0 Å². The summed E-state index contributed by atoms with van der Waals surface area (Å²) >= 11 is 0. The SMILES string of the molecule is CCC1CN(C(=O)Cc2cc(=O)n(CC(C)C)[nH]2)c2ccccc2O1. The molecule has 1 aliphatic heterocycles. The van der Waals surface area contributed by atoms with Crippen LogP contribution in [0.15, 0.2) is 35.1 Å². The maximum absolute atomic E-state index is 12.9. The second-order valence-electron chi connectivity index (χ2n) is 6.92. The Bertz CT molecular complexity index is 806. The number of ether oxygens (including phenoxy) is 1. The minimum Gasteiger partial charge on any atom is -0.486 e. The Balaban J connectivity index is 1.80. The van der Waals surface area contributed by atoms with Gasteiger partial charge in [0.2, 0.25) is 5.91 Å². The van der Waals surface area contributed by atoms with Crippen molar-refractivity contribution in [2.45, 2.75) is 46.3 Å². The number of nitrogens with zero attached hydrogens (tertiary/aromatic N) is 2. The molecule has 0 aliphatic carbocycles. The number of benzene rings is 1. The molecule has 0 saturated carbocycles. The number of para-hydroxylation sites is 2. The van der Waals surface area contributed by atoms with E-state index in [0.29, 0.717) is 24.7 Å². The lowest BCUT2D eigenvalue weighted by molar-refractivity contribution is -0.118. The van der Waals surface area contributed by atoms with Crippen LogP contribution in [-0.2, 0) is 17.8 Å². The first-order valence-corrected chi connectivity index (χ1v) is 8.82. The van der Waals surface area contributed by atoms with Crippen LogP contribution in [0.3, 0.4) is 0 Å². The molecule has 25 heavy (non-hydrogen) atoms. The number of fused-ring (bicyclic) bond motifs is 1. The van der Waals surface area contributed by atoms with E-state index in [4.69, 9.17) is 4.74 Å². The molecule has 6 heteroatoms. The highest BCUT2D eigenvalue weighted by molar-refractivity contribution is 5.96. The van der Waals surface area contributed by atoms with Crippen LogP contribution in [0.1, 0.15) is 32.9 Å². The molecule has 3 rings (SSSR count). The van der Waals surface area contributed by atoms with E-state index in [1.165, 1.54) is 6.07 Å². The molecule has 1 unspecified atom stereocenters. The zero-order valence-electron chi connectivity index (χ0n) is 15.0. The van der Waals surface area contributed by atoms with Gasteiger partial charge in [-0.3, -0.25) is 19.4 Å². The Morgan fingerprint density at radius 2 is 2.12 bits per heavy atom. The molecule has 1 aromatic carbocycles. The number of rotatable bonds is 5. The van der Waals surface area contributed by atoms with Crippen molar-refractivity contribution in [3.63, 3.8) is 0 Å². The summed E-state index contributed by atoms with van der Waals surface area (Å²) in [5, 5.41) is 3.06. The largest absolute Gasteiger partial charge is 0.486 e. The number of carbonyl (C=O) groups excluding carboxylic acids is 1. The third-order valence-corrected chi connectivity index (χ3v) is 4.32. The van der Waals surface area contributed by atoms with E-state index >= 15 is 0 Å². The van der Waals surface area contributed by atoms with Gasteiger partial charge >= 0.3 is 0 Å². The standard InChI is InChI=1S/C19H25N3O3/c1-4-15-12-21(16-7-5-6-8-17(16)25-15)18(23)9-14-10-19(24)22(20-14)11-13(2)3/h5-8,10,13,15,20H,4,9,11-12H2,1-3H3. The van der Waals surface area contributed by atoms with E-state index in [2.05, 4.69) is 5.10 Å². The Morgan fingerprint density at radius 3 is 2.84 bits per heavy atom. The van der Waals surface area contributed by atoms with Crippen molar-refractivity contribution in [3.8, 4) is 5.75 Å². The molecule has 1 aliphatic rings.